The molecule has 3 aromatic rings. The summed E-state index contributed by atoms with van der Waals surface area (Å²) in [5.41, 5.74) is 2.74. The Labute approximate surface area is 157 Å². The Morgan fingerprint density at radius 1 is 0.778 bits per heavy atom. The predicted octanol–water partition coefficient (Wildman–Crippen LogP) is 5.09. The van der Waals surface area contributed by atoms with Crippen LogP contribution in [0.4, 0.5) is 0 Å². The number of hydrogen-bond acceptors (Lipinski definition) is 4. The number of nitro groups is 1. The van der Waals surface area contributed by atoms with Crippen molar-refractivity contribution in [2.24, 2.45) is 0 Å². The number of hydrogen-bond donors (Lipinski definition) is 0. The summed E-state index contributed by atoms with van der Waals surface area (Å²) in [6.45, 7) is 0.789. The highest BCUT2D eigenvalue weighted by atomic mass is 16.6. The predicted molar refractivity (Wildman–Crippen MR) is 104 cm³/mol. The summed E-state index contributed by atoms with van der Waals surface area (Å²) in [5, 5.41) is 10.6. The quantitative estimate of drug-likeness (QED) is 0.414. The van der Waals surface area contributed by atoms with Gasteiger partial charge in [0.1, 0.15) is 13.2 Å². The van der Waals surface area contributed by atoms with Crippen LogP contribution < -0.4 is 9.47 Å². The fourth-order valence-corrected chi connectivity index (χ4v) is 2.48. The third-order valence-corrected chi connectivity index (χ3v) is 3.83. The van der Waals surface area contributed by atoms with Crippen molar-refractivity contribution >= 4 is 6.08 Å². The van der Waals surface area contributed by atoms with Gasteiger partial charge >= 0.3 is 0 Å². The van der Waals surface area contributed by atoms with Gasteiger partial charge in [0.15, 0.2) is 11.5 Å². The van der Waals surface area contributed by atoms with Gasteiger partial charge in [-0.1, -0.05) is 66.7 Å². The first kappa shape index (κ1) is 18.2. The van der Waals surface area contributed by atoms with E-state index in [9.17, 15) is 10.1 Å². The molecule has 5 heteroatoms. The highest BCUT2D eigenvalue weighted by molar-refractivity contribution is 5.55. The lowest BCUT2D eigenvalue weighted by molar-refractivity contribution is -0.400. The minimum atomic E-state index is -0.496. The van der Waals surface area contributed by atoms with Gasteiger partial charge in [0.2, 0.25) is 6.20 Å². The molecule has 0 fully saturated rings. The van der Waals surface area contributed by atoms with E-state index in [0.29, 0.717) is 30.3 Å². The molecule has 5 nitrogen and oxygen atoms in total. The second-order valence-corrected chi connectivity index (χ2v) is 5.86. The zero-order chi connectivity index (χ0) is 18.9. The molecule has 0 aromatic heterocycles. The summed E-state index contributed by atoms with van der Waals surface area (Å²) in [4.78, 5) is 10.1. The van der Waals surface area contributed by atoms with Crippen LogP contribution in [0.2, 0.25) is 0 Å². The van der Waals surface area contributed by atoms with Gasteiger partial charge in [0.25, 0.3) is 0 Å². The molecule has 0 aliphatic carbocycles. The molecular formula is C22H19NO4. The summed E-state index contributed by atoms with van der Waals surface area (Å²) in [5.74, 6) is 1.13. The van der Waals surface area contributed by atoms with E-state index in [1.807, 2.05) is 60.7 Å². The second-order valence-electron chi connectivity index (χ2n) is 5.86. The Hall–Kier alpha value is -3.60. The molecule has 0 N–H and O–H groups in total. The molecule has 0 aliphatic rings. The van der Waals surface area contributed by atoms with Gasteiger partial charge in [-0.3, -0.25) is 10.1 Å². The first-order chi connectivity index (χ1) is 13.2. The molecule has 0 bridgehead atoms. The highest BCUT2D eigenvalue weighted by Gasteiger charge is 2.08. The molecule has 0 saturated carbocycles. The number of ether oxygens (including phenoxy) is 2. The van der Waals surface area contributed by atoms with Crippen molar-refractivity contribution in [1.29, 1.82) is 0 Å². The van der Waals surface area contributed by atoms with E-state index in [0.717, 1.165) is 17.3 Å². The maximum Gasteiger partial charge on any atom is 0.235 e. The molecule has 0 saturated heterocycles. The molecule has 0 atom stereocenters. The molecule has 0 radical (unpaired) electrons. The van der Waals surface area contributed by atoms with Crippen molar-refractivity contribution < 1.29 is 14.4 Å². The minimum absolute atomic E-state index is 0.380. The number of nitrogens with zero attached hydrogens (tertiary/aromatic N) is 1. The number of benzene rings is 3. The molecular weight excluding hydrogens is 342 g/mol. The van der Waals surface area contributed by atoms with Crippen LogP contribution in [0.1, 0.15) is 16.7 Å². The molecule has 27 heavy (non-hydrogen) atoms. The van der Waals surface area contributed by atoms with E-state index in [4.69, 9.17) is 9.47 Å². The van der Waals surface area contributed by atoms with Crippen molar-refractivity contribution in [2.75, 3.05) is 0 Å². The fourth-order valence-electron chi connectivity index (χ4n) is 2.48. The first-order valence-corrected chi connectivity index (χ1v) is 8.50. The standard InChI is InChI=1S/C22H19NO4/c24-23(25)14-13-18-11-12-21(26-16-19-7-3-1-4-8-19)22(15-18)27-17-20-9-5-2-6-10-20/h1-15H,16-17H2/b14-13+. The molecule has 0 heterocycles. The van der Waals surface area contributed by atoms with Crippen LogP contribution in [0, 0.1) is 10.1 Å². The van der Waals surface area contributed by atoms with E-state index in [2.05, 4.69) is 0 Å². The summed E-state index contributed by atoms with van der Waals surface area (Å²) in [7, 11) is 0. The maximum absolute atomic E-state index is 10.6. The Balaban J connectivity index is 1.78. The third kappa shape index (κ3) is 5.71. The van der Waals surface area contributed by atoms with Crippen LogP contribution in [0.3, 0.4) is 0 Å². The van der Waals surface area contributed by atoms with Gasteiger partial charge in [-0.2, -0.15) is 0 Å². The fraction of sp³-hybridized carbons (Fsp3) is 0.0909. The molecule has 0 unspecified atom stereocenters. The molecule has 3 aromatic carbocycles. The van der Waals surface area contributed by atoms with Crippen molar-refractivity contribution in [3.8, 4) is 11.5 Å². The largest absolute Gasteiger partial charge is 0.485 e. The Morgan fingerprint density at radius 3 is 1.89 bits per heavy atom. The summed E-state index contributed by atoms with van der Waals surface area (Å²) in [6.07, 6.45) is 2.33. The number of rotatable bonds is 8. The average Bonchev–Trinajstić information content (AvgIpc) is 2.71. The van der Waals surface area contributed by atoms with Crippen molar-refractivity contribution in [2.45, 2.75) is 13.2 Å². The lowest BCUT2D eigenvalue weighted by Gasteiger charge is -2.14. The molecule has 0 amide bonds. The summed E-state index contributed by atoms with van der Waals surface area (Å²) >= 11 is 0. The summed E-state index contributed by atoms with van der Waals surface area (Å²) in [6, 6.07) is 24.9. The van der Waals surface area contributed by atoms with Gasteiger partial charge in [-0.15, -0.1) is 0 Å². The van der Waals surface area contributed by atoms with Crippen molar-refractivity contribution in [1.82, 2.24) is 0 Å². The van der Waals surface area contributed by atoms with E-state index in [-0.39, 0.29) is 0 Å². The van der Waals surface area contributed by atoms with E-state index in [1.165, 1.54) is 6.08 Å². The van der Waals surface area contributed by atoms with Crippen LogP contribution in [0.15, 0.2) is 85.1 Å². The molecule has 136 valence electrons. The third-order valence-electron chi connectivity index (χ3n) is 3.83. The van der Waals surface area contributed by atoms with E-state index < -0.39 is 4.92 Å². The van der Waals surface area contributed by atoms with Crippen molar-refractivity contribution in [3.05, 3.63) is 112 Å². The summed E-state index contributed by atoms with van der Waals surface area (Å²) < 4.78 is 11.8. The SMILES string of the molecule is O=[N+]([O-])/C=C/c1ccc(OCc2ccccc2)c(OCc2ccccc2)c1. The Morgan fingerprint density at radius 2 is 1.33 bits per heavy atom. The normalized spacial score (nSPS) is 10.7. The van der Waals surface area contributed by atoms with Gasteiger partial charge in [0.05, 0.1) is 4.92 Å². The zero-order valence-electron chi connectivity index (χ0n) is 14.7. The van der Waals surface area contributed by atoms with Crippen LogP contribution >= 0.6 is 0 Å². The zero-order valence-corrected chi connectivity index (χ0v) is 14.7. The Kier molecular flexibility index (Phi) is 6.20. The molecule has 0 aliphatic heterocycles. The molecule has 3 rings (SSSR count). The maximum atomic E-state index is 10.6. The van der Waals surface area contributed by atoms with Crippen LogP contribution in [0.25, 0.3) is 6.08 Å². The van der Waals surface area contributed by atoms with Crippen LogP contribution in [-0.2, 0) is 13.2 Å². The lowest BCUT2D eigenvalue weighted by atomic mass is 10.2. The average molecular weight is 361 g/mol. The van der Waals surface area contributed by atoms with E-state index >= 15 is 0 Å². The van der Waals surface area contributed by atoms with Gasteiger partial charge in [-0.05, 0) is 28.8 Å². The smallest absolute Gasteiger partial charge is 0.235 e. The Bertz CT molecular complexity index is 908. The van der Waals surface area contributed by atoms with E-state index in [1.54, 1.807) is 18.2 Å². The lowest BCUT2D eigenvalue weighted by Crippen LogP contribution is -2.01. The highest BCUT2D eigenvalue weighted by Crippen LogP contribution is 2.30. The van der Waals surface area contributed by atoms with Gasteiger partial charge in [-0.25, -0.2) is 0 Å². The second kappa shape index (κ2) is 9.20. The minimum Gasteiger partial charge on any atom is -0.485 e. The monoisotopic (exact) mass is 361 g/mol. The van der Waals surface area contributed by atoms with Crippen LogP contribution in [-0.4, -0.2) is 4.92 Å². The van der Waals surface area contributed by atoms with Crippen LogP contribution in [0.5, 0.6) is 11.5 Å². The molecule has 0 spiro atoms. The first-order valence-electron chi connectivity index (χ1n) is 8.50. The van der Waals surface area contributed by atoms with Gasteiger partial charge < -0.3 is 9.47 Å². The topological polar surface area (TPSA) is 61.6 Å². The van der Waals surface area contributed by atoms with Crippen molar-refractivity contribution in [3.63, 3.8) is 0 Å². The van der Waals surface area contributed by atoms with Gasteiger partial charge in [0, 0.05) is 6.08 Å².